The molecule has 2 aromatic rings. The van der Waals surface area contributed by atoms with Gasteiger partial charge in [0.25, 0.3) is 0 Å². The Balaban J connectivity index is 1.92. The standard InChI is InChI=1S/C12H12ClN3O3S/c13-8-3-1-7(2-4-8)11-15-10(19-16-11)6-20-5-9(14)12(17)18/h1-4,9H,5-6,14H2,(H,17,18). The number of carboxylic acids is 1. The molecule has 8 heteroatoms. The van der Waals surface area contributed by atoms with Gasteiger partial charge in [-0.05, 0) is 24.3 Å². The van der Waals surface area contributed by atoms with E-state index in [2.05, 4.69) is 10.1 Å². The molecule has 3 N–H and O–H groups in total. The number of aliphatic carboxylic acids is 1. The Labute approximate surface area is 124 Å². The van der Waals surface area contributed by atoms with Crippen LogP contribution in [0, 0.1) is 0 Å². The first kappa shape index (κ1) is 14.8. The Bertz CT molecular complexity index is 588. The summed E-state index contributed by atoms with van der Waals surface area (Å²) in [5.74, 6) is 0.581. The fourth-order valence-electron chi connectivity index (χ4n) is 1.37. The third-order valence-electron chi connectivity index (χ3n) is 2.41. The molecule has 106 valence electrons. The molecule has 1 aromatic carbocycles. The van der Waals surface area contributed by atoms with Crippen molar-refractivity contribution in [1.82, 2.24) is 10.1 Å². The molecule has 1 aromatic heterocycles. The van der Waals surface area contributed by atoms with Gasteiger partial charge in [0.05, 0.1) is 5.75 Å². The van der Waals surface area contributed by atoms with E-state index in [-0.39, 0.29) is 5.75 Å². The number of hydrogen-bond donors (Lipinski definition) is 2. The lowest BCUT2D eigenvalue weighted by Gasteiger charge is -2.03. The van der Waals surface area contributed by atoms with Crippen LogP contribution >= 0.6 is 23.4 Å². The van der Waals surface area contributed by atoms with Crippen LogP contribution in [0.2, 0.25) is 5.02 Å². The summed E-state index contributed by atoms with van der Waals surface area (Å²) in [5, 5.41) is 13.1. The monoisotopic (exact) mass is 313 g/mol. The van der Waals surface area contributed by atoms with E-state index in [0.717, 1.165) is 5.56 Å². The lowest BCUT2D eigenvalue weighted by atomic mass is 10.2. The second kappa shape index (κ2) is 6.74. The molecule has 1 atom stereocenters. The molecule has 0 aliphatic heterocycles. The third-order valence-corrected chi connectivity index (χ3v) is 3.71. The first-order valence-electron chi connectivity index (χ1n) is 5.71. The van der Waals surface area contributed by atoms with Gasteiger partial charge in [-0.2, -0.15) is 4.98 Å². The van der Waals surface area contributed by atoms with E-state index in [9.17, 15) is 4.79 Å². The van der Waals surface area contributed by atoms with Crippen molar-refractivity contribution in [2.75, 3.05) is 5.75 Å². The number of hydrogen-bond acceptors (Lipinski definition) is 6. The number of carbonyl (C=O) groups is 1. The minimum Gasteiger partial charge on any atom is -0.480 e. The van der Waals surface area contributed by atoms with Crippen molar-refractivity contribution >= 4 is 29.3 Å². The van der Waals surface area contributed by atoms with Crippen molar-refractivity contribution in [3.05, 3.63) is 35.2 Å². The Hall–Kier alpha value is -1.57. The fourth-order valence-corrected chi connectivity index (χ4v) is 2.31. The van der Waals surface area contributed by atoms with Gasteiger partial charge >= 0.3 is 5.97 Å². The smallest absolute Gasteiger partial charge is 0.321 e. The number of nitrogens with two attached hydrogens (primary N) is 1. The normalized spacial score (nSPS) is 12.3. The van der Waals surface area contributed by atoms with Crippen LogP contribution in [0.4, 0.5) is 0 Å². The van der Waals surface area contributed by atoms with Gasteiger partial charge in [0.15, 0.2) is 0 Å². The third kappa shape index (κ3) is 3.96. The van der Waals surface area contributed by atoms with Crippen LogP contribution in [-0.4, -0.2) is 33.0 Å². The molecule has 0 bridgehead atoms. The molecular weight excluding hydrogens is 302 g/mol. The van der Waals surface area contributed by atoms with Crippen molar-refractivity contribution < 1.29 is 14.4 Å². The number of carboxylic acid groups (broad SMARTS) is 1. The molecule has 0 saturated carbocycles. The summed E-state index contributed by atoms with van der Waals surface area (Å²) in [5.41, 5.74) is 6.19. The summed E-state index contributed by atoms with van der Waals surface area (Å²) in [4.78, 5) is 14.8. The molecule has 0 spiro atoms. The maximum atomic E-state index is 10.6. The summed E-state index contributed by atoms with van der Waals surface area (Å²) in [7, 11) is 0. The van der Waals surface area contributed by atoms with Crippen LogP contribution in [-0.2, 0) is 10.5 Å². The molecule has 20 heavy (non-hydrogen) atoms. The van der Waals surface area contributed by atoms with E-state index < -0.39 is 12.0 Å². The van der Waals surface area contributed by atoms with Gasteiger partial charge in [0.2, 0.25) is 11.7 Å². The lowest BCUT2D eigenvalue weighted by Crippen LogP contribution is -2.32. The van der Waals surface area contributed by atoms with E-state index in [0.29, 0.717) is 22.5 Å². The van der Waals surface area contributed by atoms with E-state index in [1.165, 1.54) is 11.8 Å². The fraction of sp³-hybridized carbons (Fsp3) is 0.250. The molecule has 2 rings (SSSR count). The summed E-state index contributed by atoms with van der Waals surface area (Å²) < 4.78 is 5.09. The highest BCUT2D eigenvalue weighted by atomic mass is 35.5. The van der Waals surface area contributed by atoms with Crippen LogP contribution in [0.5, 0.6) is 0 Å². The molecule has 6 nitrogen and oxygen atoms in total. The predicted molar refractivity (Wildman–Crippen MR) is 76.5 cm³/mol. The first-order chi connectivity index (χ1) is 9.56. The van der Waals surface area contributed by atoms with Crippen molar-refractivity contribution in [3.63, 3.8) is 0 Å². The number of aromatic nitrogens is 2. The minimum absolute atomic E-state index is 0.286. The molecule has 1 unspecified atom stereocenters. The number of benzene rings is 1. The number of nitrogens with zero attached hydrogens (tertiary/aromatic N) is 2. The maximum Gasteiger partial charge on any atom is 0.321 e. The van der Waals surface area contributed by atoms with Gasteiger partial charge in [0.1, 0.15) is 6.04 Å². The molecule has 0 aliphatic rings. The molecule has 0 aliphatic carbocycles. The van der Waals surface area contributed by atoms with Crippen molar-refractivity contribution in [1.29, 1.82) is 0 Å². The summed E-state index contributed by atoms with van der Waals surface area (Å²) >= 11 is 7.13. The zero-order chi connectivity index (χ0) is 14.5. The van der Waals surface area contributed by atoms with Crippen LogP contribution in [0.1, 0.15) is 5.89 Å². The molecule has 1 heterocycles. The van der Waals surface area contributed by atoms with Crippen molar-refractivity contribution in [3.8, 4) is 11.4 Å². The molecular formula is C12H12ClN3O3S. The van der Waals surface area contributed by atoms with Crippen LogP contribution < -0.4 is 5.73 Å². The Morgan fingerprint density at radius 3 is 2.80 bits per heavy atom. The zero-order valence-electron chi connectivity index (χ0n) is 10.3. The van der Waals surface area contributed by atoms with Gasteiger partial charge in [-0.3, -0.25) is 4.79 Å². The van der Waals surface area contributed by atoms with Gasteiger partial charge in [0, 0.05) is 16.3 Å². The molecule has 0 radical (unpaired) electrons. The Morgan fingerprint density at radius 2 is 2.15 bits per heavy atom. The van der Waals surface area contributed by atoms with Crippen LogP contribution in [0.15, 0.2) is 28.8 Å². The SMILES string of the molecule is NC(CSCc1nc(-c2ccc(Cl)cc2)no1)C(=O)O. The highest BCUT2D eigenvalue weighted by Gasteiger charge is 2.13. The largest absolute Gasteiger partial charge is 0.480 e. The topological polar surface area (TPSA) is 102 Å². The van der Waals surface area contributed by atoms with Gasteiger partial charge < -0.3 is 15.4 Å². The first-order valence-corrected chi connectivity index (χ1v) is 7.24. The Kier molecular flexibility index (Phi) is 4.99. The Morgan fingerprint density at radius 1 is 1.45 bits per heavy atom. The highest BCUT2D eigenvalue weighted by Crippen LogP contribution is 2.20. The molecule has 0 saturated heterocycles. The predicted octanol–water partition coefficient (Wildman–Crippen LogP) is 2.04. The van der Waals surface area contributed by atoms with E-state index in [1.807, 2.05) is 0 Å². The van der Waals surface area contributed by atoms with Crippen LogP contribution in [0.3, 0.4) is 0 Å². The minimum atomic E-state index is -1.02. The summed E-state index contributed by atoms with van der Waals surface area (Å²) in [6.45, 7) is 0. The average molecular weight is 314 g/mol. The lowest BCUT2D eigenvalue weighted by molar-refractivity contribution is -0.137. The second-order valence-electron chi connectivity index (χ2n) is 3.98. The van der Waals surface area contributed by atoms with Crippen molar-refractivity contribution in [2.45, 2.75) is 11.8 Å². The summed E-state index contributed by atoms with van der Waals surface area (Å²) in [6.07, 6.45) is 0. The highest BCUT2D eigenvalue weighted by molar-refractivity contribution is 7.98. The van der Waals surface area contributed by atoms with E-state index >= 15 is 0 Å². The van der Waals surface area contributed by atoms with Gasteiger partial charge in [-0.1, -0.05) is 16.8 Å². The molecule has 0 fully saturated rings. The van der Waals surface area contributed by atoms with E-state index in [4.69, 9.17) is 27.0 Å². The van der Waals surface area contributed by atoms with Crippen molar-refractivity contribution in [2.24, 2.45) is 5.73 Å². The average Bonchev–Trinajstić information content (AvgIpc) is 2.88. The number of thioether (sulfide) groups is 1. The number of halogens is 1. The van der Waals surface area contributed by atoms with E-state index in [1.54, 1.807) is 24.3 Å². The zero-order valence-corrected chi connectivity index (χ0v) is 11.9. The molecule has 0 amide bonds. The quantitative estimate of drug-likeness (QED) is 0.841. The number of rotatable bonds is 6. The van der Waals surface area contributed by atoms with Gasteiger partial charge in [-0.15, -0.1) is 11.8 Å². The van der Waals surface area contributed by atoms with Crippen LogP contribution in [0.25, 0.3) is 11.4 Å². The van der Waals surface area contributed by atoms with Gasteiger partial charge in [-0.25, -0.2) is 0 Å². The second-order valence-corrected chi connectivity index (χ2v) is 5.45. The maximum absolute atomic E-state index is 10.6. The summed E-state index contributed by atoms with van der Waals surface area (Å²) in [6, 6.07) is 6.19.